The summed E-state index contributed by atoms with van der Waals surface area (Å²) in [5, 5.41) is 3.32. The summed E-state index contributed by atoms with van der Waals surface area (Å²) in [6.07, 6.45) is 0. The fraction of sp³-hybridized carbons (Fsp3) is 0.333. The van der Waals surface area contributed by atoms with E-state index >= 15 is 0 Å². The molecule has 3 rings (SSSR count). The van der Waals surface area contributed by atoms with Crippen molar-refractivity contribution in [2.75, 3.05) is 5.73 Å². The average Bonchev–Trinajstić information content (AvgIpc) is 3.01. The number of rotatable bonds is 3. The van der Waals surface area contributed by atoms with Crippen molar-refractivity contribution in [3.8, 4) is 0 Å². The SMILES string of the molecule is CC(C)(C)c1csc(CSc2nc3ccc(N)cc3s2)n1. The van der Waals surface area contributed by atoms with Gasteiger partial charge in [0.1, 0.15) is 5.01 Å². The van der Waals surface area contributed by atoms with Gasteiger partial charge in [0.05, 0.1) is 21.7 Å². The minimum atomic E-state index is 0.118. The molecule has 0 aliphatic rings. The molecule has 0 fully saturated rings. The Bertz CT molecular complexity index is 768. The number of thioether (sulfide) groups is 1. The van der Waals surface area contributed by atoms with Crippen LogP contribution in [0.1, 0.15) is 31.5 Å². The molecule has 0 atom stereocenters. The van der Waals surface area contributed by atoms with Crippen molar-refractivity contribution in [1.82, 2.24) is 9.97 Å². The largest absolute Gasteiger partial charge is 0.399 e. The molecule has 0 aliphatic heterocycles. The molecular weight excluding hydrogens is 318 g/mol. The zero-order valence-corrected chi connectivity index (χ0v) is 14.7. The van der Waals surface area contributed by atoms with Crippen LogP contribution in [0.15, 0.2) is 27.9 Å². The van der Waals surface area contributed by atoms with Gasteiger partial charge < -0.3 is 5.73 Å². The number of hydrogen-bond donors (Lipinski definition) is 1. The predicted octanol–water partition coefficient (Wildman–Crippen LogP) is 4.92. The van der Waals surface area contributed by atoms with E-state index in [0.29, 0.717) is 0 Å². The molecule has 3 nitrogen and oxygen atoms in total. The van der Waals surface area contributed by atoms with Gasteiger partial charge in [0.15, 0.2) is 4.34 Å². The van der Waals surface area contributed by atoms with Crippen LogP contribution in [0.3, 0.4) is 0 Å². The molecule has 0 unspecified atom stereocenters. The van der Waals surface area contributed by atoms with Gasteiger partial charge in [-0.25, -0.2) is 9.97 Å². The maximum Gasteiger partial charge on any atom is 0.151 e. The van der Waals surface area contributed by atoms with Crippen molar-refractivity contribution in [2.45, 2.75) is 36.3 Å². The molecule has 2 aromatic heterocycles. The first-order chi connectivity index (χ1) is 9.91. The van der Waals surface area contributed by atoms with E-state index in [-0.39, 0.29) is 5.41 Å². The van der Waals surface area contributed by atoms with Crippen LogP contribution in [0, 0.1) is 0 Å². The summed E-state index contributed by atoms with van der Waals surface area (Å²) in [4.78, 5) is 9.35. The van der Waals surface area contributed by atoms with Crippen LogP contribution in [0.25, 0.3) is 10.2 Å². The third-order valence-corrected chi connectivity index (χ3v) is 6.24. The van der Waals surface area contributed by atoms with Gasteiger partial charge in [0.25, 0.3) is 0 Å². The molecule has 110 valence electrons. The predicted molar refractivity (Wildman–Crippen MR) is 94.4 cm³/mol. The first-order valence-electron chi connectivity index (χ1n) is 6.65. The van der Waals surface area contributed by atoms with Crippen LogP contribution in [-0.4, -0.2) is 9.97 Å². The van der Waals surface area contributed by atoms with Crippen LogP contribution >= 0.6 is 34.4 Å². The van der Waals surface area contributed by atoms with Gasteiger partial charge in [0.2, 0.25) is 0 Å². The van der Waals surface area contributed by atoms with Crippen LogP contribution in [0.2, 0.25) is 0 Å². The fourth-order valence-electron chi connectivity index (χ4n) is 1.83. The summed E-state index contributed by atoms with van der Waals surface area (Å²) in [7, 11) is 0. The van der Waals surface area contributed by atoms with Crippen molar-refractivity contribution in [3.05, 3.63) is 34.3 Å². The highest BCUT2D eigenvalue weighted by Crippen LogP contribution is 2.33. The van der Waals surface area contributed by atoms with Crippen molar-refractivity contribution >= 4 is 50.3 Å². The smallest absolute Gasteiger partial charge is 0.151 e. The summed E-state index contributed by atoms with van der Waals surface area (Å²) in [6.45, 7) is 6.57. The number of thiazole rings is 2. The number of hydrogen-bond acceptors (Lipinski definition) is 6. The molecule has 0 bridgehead atoms. The van der Waals surface area contributed by atoms with Gasteiger partial charge in [-0.3, -0.25) is 0 Å². The van der Waals surface area contributed by atoms with Crippen molar-refractivity contribution in [2.24, 2.45) is 0 Å². The van der Waals surface area contributed by atoms with E-state index in [1.165, 1.54) is 5.69 Å². The van der Waals surface area contributed by atoms with Gasteiger partial charge in [0, 0.05) is 16.5 Å². The quantitative estimate of drug-likeness (QED) is 0.545. The summed E-state index contributed by atoms with van der Waals surface area (Å²) in [6, 6.07) is 5.86. The second kappa shape index (κ2) is 5.59. The van der Waals surface area contributed by atoms with E-state index in [0.717, 1.165) is 31.0 Å². The van der Waals surface area contributed by atoms with E-state index in [1.54, 1.807) is 34.4 Å². The highest BCUT2D eigenvalue weighted by Gasteiger charge is 2.17. The van der Waals surface area contributed by atoms with Gasteiger partial charge >= 0.3 is 0 Å². The molecule has 3 aromatic rings. The summed E-state index contributed by atoms with van der Waals surface area (Å²) < 4.78 is 2.22. The standard InChI is InChI=1S/C15H17N3S3/c1-15(2,3)12-7-19-13(18-12)8-20-14-17-10-5-4-9(16)6-11(10)21-14/h4-7H,8,16H2,1-3H3. The third-order valence-electron chi connectivity index (χ3n) is 3.03. The van der Waals surface area contributed by atoms with E-state index < -0.39 is 0 Å². The highest BCUT2D eigenvalue weighted by atomic mass is 32.2. The molecule has 0 saturated heterocycles. The maximum absolute atomic E-state index is 5.81. The summed E-state index contributed by atoms with van der Waals surface area (Å²) in [5.41, 5.74) is 8.90. The van der Waals surface area contributed by atoms with E-state index in [1.807, 2.05) is 18.2 Å². The lowest BCUT2D eigenvalue weighted by atomic mass is 9.93. The number of fused-ring (bicyclic) bond motifs is 1. The lowest BCUT2D eigenvalue weighted by Gasteiger charge is -2.14. The zero-order valence-electron chi connectivity index (χ0n) is 12.2. The van der Waals surface area contributed by atoms with E-state index in [2.05, 4.69) is 31.1 Å². The highest BCUT2D eigenvalue weighted by molar-refractivity contribution is 8.00. The molecule has 0 spiro atoms. The van der Waals surface area contributed by atoms with E-state index in [4.69, 9.17) is 10.7 Å². The zero-order chi connectivity index (χ0) is 15.0. The Balaban J connectivity index is 1.73. The molecular formula is C15H17N3S3. The molecule has 0 amide bonds. The Hall–Kier alpha value is -1.11. The topological polar surface area (TPSA) is 51.8 Å². The van der Waals surface area contributed by atoms with Crippen molar-refractivity contribution < 1.29 is 0 Å². The Morgan fingerprint density at radius 2 is 2.05 bits per heavy atom. The molecule has 0 radical (unpaired) electrons. The van der Waals surface area contributed by atoms with Crippen LogP contribution < -0.4 is 5.73 Å². The second-order valence-electron chi connectivity index (χ2n) is 5.87. The fourth-order valence-corrected chi connectivity index (χ4v) is 4.98. The van der Waals surface area contributed by atoms with Crippen molar-refractivity contribution in [1.29, 1.82) is 0 Å². The molecule has 2 N–H and O–H groups in total. The Morgan fingerprint density at radius 3 is 2.76 bits per heavy atom. The van der Waals surface area contributed by atoms with E-state index in [9.17, 15) is 0 Å². The van der Waals surface area contributed by atoms with Crippen LogP contribution in [-0.2, 0) is 11.2 Å². The summed E-state index contributed by atoms with van der Waals surface area (Å²) in [5.74, 6) is 0.871. The lowest BCUT2D eigenvalue weighted by Crippen LogP contribution is -2.11. The number of anilines is 1. The average molecular weight is 336 g/mol. The maximum atomic E-state index is 5.81. The number of nitrogens with two attached hydrogens (primary N) is 1. The molecule has 2 heterocycles. The van der Waals surface area contributed by atoms with Crippen molar-refractivity contribution in [3.63, 3.8) is 0 Å². The normalized spacial score (nSPS) is 12.1. The number of nitrogens with zero attached hydrogens (tertiary/aromatic N) is 2. The van der Waals surface area contributed by atoms with Gasteiger partial charge in [-0.2, -0.15) is 0 Å². The minimum absolute atomic E-state index is 0.118. The number of aromatic nitrogens is 2. The van der Waals surface area contributed by atoms with Gasteiger partial charge in [-0.05, 0) is 18.2 Å². The monoisotopic (exact) mass is 335 g/mol. The molecule has 21 heavy (non-hydrogen) atoms. The molecule has 1 aromatic carbocycles. The number of nitrogen functional groups attached to an aromatic ring is 1. The Labute approximate surface area is 136 Å². The Morgan fingerprint density at radius 1 is 1.24 bits per heavy atom. The Kier molecular flexibility index (Phi) is 3.94. The summed E-state index contributed by atoms with van der Waals surface area (Å²) >= 11 is 5.17. The molecule has 0 saturated carbocycles. The lowest BCUT2D eigenvalue weighted by molar-refractivity contribution is 0.572. The molecule has 0 aliphatic carbocycles. The first-order valence-corrected chi connectivity index (χ1v) is 9.34. The van der Waals surface area contributed by atoms with Gasteiger partial charge in [-0.15, -0.1) is 22.7 Å². The first kappa shape index (κ1) is 14.8. The van der Waals surface area contributed by atoms with Gasteiger partial charge in [-0.1, -0.05) is 32.5 Å². The minimum Gasteiger partial charge on any atom is -0.399 e. The number of benzene rings is 1. The second-order valence-corrected chi connectivity index (χ2v) is 9.07. The molecule has 6 heteroatoms. The van der Waals surface area contributed by atoms with Crippen LogP contribution in [0.5, 0.6) is 0 Å². The third kappa shape index (κ3) is 3.39. The van der Waals surface area contributed by atoms with Crippen LogP contribution in [0.4, 0.5) is 5.69 Å².